The average molecular weight is 459 g/mol. The lowest BCUT2D eigenvalue weighted by atomic mass is 10.2. The van der Waals surface area contributed by atoms with Crippen LogP contribution in [-0.2, 0) is 13.6 Å². The normalized spacial score (nSPS) is 10.9. The van der Waals surface area contributed by atoms with E-state index in [0.29, 0.717) is 17.0 Å². The number of nitrogens with zero attached hydrogens (tertiary/aromatic N) is 1. The molecule has 0 aliphatic rings. The van der Waals surface area contributed by atoms with Gasteiger partial charge in [-0.05, 0) is 46.4 Å². The van der Waals surface area contributed by atoms with E-state index in [1.807, 2.05) is 29.8 Å². The van der Waals surface area contributed by atoms with Crippen molar-refractivity contribution in [1.82, 2.24) is 9.88 Å². The van der Waals surface area contributed by atoms with Crippen molar-refractivity contribution in [3.05, 3.63) is 65.8 Å². The molecule has 7 heteroatoms. The SMILES string of the molecule is Cn1cc(C(=O)NCc2ccc(Cl)cc2)c(=O)c2cc(I)sc21. The van der Waals surface area contributed by atoms with Gasteiger partial charge in [0.1, 0.15) is 10.4 Å². The van der Waals surface area contributed by atoms with Crippen molar-refractivity contribution < 1.29 is 4.79 Å². The van der Waals surface area contributed by atoms with Crippen molar-refractivity contribution in [1.29, 1.82) is 0 Å². The zero-order valence-electron chi connectivity index (χ0n) is 12.1. The summed E-state index contributed by atoms with van der Waals surface area (Å²) in [6.07, 6.45) is 1.59. The van der Waals surface area contributed by atoms with Crippen LogP contribution < -0.4 is 10.7 Å². The Balaban J connectivity index is 1.87. The molecule has 2 aromatic heterocycles. The minimum atomic E-state index is -0.372. The molecule has 1 aromatic carbocycles. The zero-order chi connectivity index (χ0) is 16.6. The standard InChI is InChI=1S/C16H12ClIN2O2S/c1-20-8-12(14(21)11-6-13(18)23-16(11)20)15(22)19-7-9-2-4-10(17)5-3-9/h2-6,8H,7H2,1H3,(H,19,22). The van der Waals surface area contributed by atoms with Gasteiger partial charge in [-0.1, -0.05) is 23.7 Å². The molecule has 0 saturated heterocycles. The van der Waals surface area contributed by atoms with Gasteiger partial charge in [0, 0.05) is 24.8 Å². The predicted molar refractivity (Wildman–Crippen MR) is 102 cm³/mol. The Hall–Kier alpha value is -1.38. The summed E-state index contributed by atoms with van der Waals surface area (Å²) in [5.74, 6) is -0.372. The molecule has 0 fully saturated rings. The number of carbonyl (C=O) groups excluding carboxylic acids is 1. The molecule has 2 heterocycles. The molecular weight excluding hydrogens is 447 g/mol. The first-order valence-electron chi connectivity index (χ1n) is 6.77. The van der Waals surface area contributed by atoms with Gasteiger partial charge in [-0.2, -0.15) is 0 Å². The zero-order valence-corrected chi connectivity index (χ0v) is 15.8. The number of fused-ring (bicyclic) bond motifs is 1. The van der Waals surface area contributed by atoms with E-state index in [1.165, 1.54) is 11.3 Å². The van der Waals surface area contributed by atoms with E-state index in [-0.39, 0.29) is 16.9 Å². The van der Waals surface area contributed by atoms with Crippen LogP contribution in [0.25, 0.3) is 10.2 Å². The summed E-state index contributed by atoms with van der Waals surface area (Å²) in [6, 6.07) is 9.03. The number of pyridine rings is 1. The molecular formula is C16H12ClIN2O2S. The van der Waals surface area contributed by atoms with Crippen molar-refractivity contribution >= 4 is 61.7 Å². The van der Waals surface area contributed by atoms with E-state index in [1.54, 1.807) is 18.3 Å². The molecule has 0 atom stereocenters. The summed E-state index contributed by atoms with van der Waals surface area (Å²) < 4.78 is 2.84. The number of aryl methyl sites for hydroxylation is 1. The lowest BCUT2D eigenvalue weighted by Gasteiger charge is -2.07. The number of amides is 1. The Kier molecular flexibility index (Phi) is 4.74. The Bertz CT molecular complexity index is 947. The lowest BCUT2D eigenvalue weighted by Crippen LogP contribution is -2.29. The number of rotatable bonds is 3. The van der Waals surface area contributed by atoms with Crippen LogP contribution in [0.5, 0.6) is 0 Å². The number of aromatic nitrogens is 1. The highest BCUT2D eigenvalue weighted by Gasteiger charge is 2.16. The molecule has 0 radical (unpaired) electrons. The van der Waals surface area contributed by atoms with Crippen LogP contribution in [0.1, 0.15) is 15.9 Å². The van der Waals surface area contributed by atoms with Gasteiger partial charge in [0.15, 0.2) is 0 Å². The van der Waals surface area contributed by atoms with Crippen LogP contribution in [0, 0.1) is 2.88 Å². The van der Waals surface area contributed by atoms with E-state index in [9.17, 15) is 9.59 Å². The van der Waals surface area contributed by atoms with E-state index >= 15 is 0 Å². The van der Waals surface area contributed by atoms with Crippen LogP contribution in [0.2, 0.25) is 5.02 Å². The number of nitrogens with one attached hydrogen (secondary N) is 1. The second-order valence-corrected chi connectivity index (χ2v) is 8.42. The largest absolute Gasteiger partial charge is 0.348 e. The first-order chi connectivity index (χ1) is 11.0. The van der Waals surface area contributed by atoms with Crippen molar-refractivity contribution in [2.24, 2.45) is 7.05 Å². The fourth-order valence-electron chi connectivity index (χ4n) is 2.27. The smallest absolute Gasteiger partial charge is 0.257 e. The van der Waals surface area contributed by atoms with Crippen molar-refractivity contribution in [2.45, 2.75) is 6.54 Å². The number of thiophene rings is 1. The van der Waals surface area contributed by atoms with Gasteiger partial charge < -0.3 is 9.88 Å². The number of benzene rings is 1. The topological polar surface area (TPSA) is 51.1 Å². The minimum absolute atomic E-state index is 0.156. The third kappa shape index (κ3) is 3.44. The third-order valence-electron chi connectivity index (χ3n) is 3.43. The maximum atomic E-state index is 12.5. The van der Waals surface area contributed by atoms with Gasteiger partial charge in [-0.25, -0.2) is 0 Å². The second kappa shape index (κ2) is 6.62. The molecule has 0 aliphatic carbocycles. The van der Waals surface area contributed by atoms with Crippen molar-refractivity contribution in [3.8, 4) is 0 Å². The first kappa shape index (κ1) is 16.5. The fourth-order valence-corrected chi connectivity index (χ4v) is 4.16. The molecule has 23 heavy (non-hydrogen) atoms. The van der Waals surface area contributed by atoms with Crippen LogP contribution in [0.4, 0.5) is 0 Å². The minimum Gasteiger partial charge on any atom is -0.348 e. The Labute approximate surface area is 155 Å². The van der Waals surface area contributed by atoms with Crippen LogP contribution in [-0.4, -0.2) is 10.5 Å². The number of hydrogen-bond acceptors (Lipinski definition) is 3. The summed E-state index contributed by atoms with van der Waals surface area (Å²) >= 11 is 9.54. The average Bonchev–Trinajstić information content (AvgIpc) is 2.93. The molecule has 0 aliphatic heterocycles. The lowest BCUT2D eigenvalue weighted by molar-refractivity contribution is 0.0949. The summed E-state index contributed by atoms with van der Waals surface area (Å²) in [5, 5.41) is 4.01. The maximum Gasteiger partial charge on any atom is 0.257 e. The summed E-state index contributed by atoms with van der Waals surface area (Å²) in [6.45, 7) is 0.346. The van der Waals surface area contributed by atoms with Crippen LogP contribution in [0.3, 0.4) is 0 Å². The molecule has 1 amide bonds. The molecule has 0 bridgehead atoms. The molecule has 1 N–H and O–H groups in total. The Morgan fingerprint density at radius 2 is 2.04 bits per heavy atom. The quantitative estimate of drug-likeness (QED) is 0.607. The second-order valence-electron chi connectivity index (χ2n) is 5.06. The Morgan fingerprint density at radius 1 is 1.35 bits per heavy atom. The van der Waals surface area contributed by atoms with Gasteiger partial charge >= 0.3 is 0 Å². The Morgan fingerprint density at radius 3 is 2.74 bits per heavy atom. The van der Waals surface area contributed by atoms with Crippen molar-refractivity contribution in [3.63, 3.8) is 0 Å². The van der Waals surface area contributed by atoms with Gasteiger partial charge in [0.25, 0.3) is 5.91 Å². The predicted octanol–water partition coefficient (Wildman–Crippen LogP) is 3.79. The monoisotopic (exact) mass is 458 g/mol. The molecule has 0 saturated carbocycles. The molecule has 4 nitrogen and oxygen atoms in total. The summed E-state index contributed by atoms with van der Waals surface area (Å²) in [7, 11) is 1.84. The highest BCUT2D eigenvalue weighted by molar-refractivity contribution is 14.1. The third-order valence-corrected chi connectivity index (χ3v) is 5.66. The highest BCUT2D eigenvalue weighted by atomic mass is 127. The first-order valence-corrected chi connectivity index (χ1v) is 9.04. The molecule has 3 aromatic rings. The van der Waals surface area contributed by atoms with Crippen LogP contribution in [0.15, 0.2) is 41.3 Å². The van der Waals surface area contributed by atoms with Gasteiger partial charge in [-0.3, -0.25) is 9.59 Å². The van der Waals surface area contributed by atoms with Crippen molar-refractivity contribution in [2.75, 3.05) is 0 Å². The van der Waals surface area contributed by atoms with E-state index in [2.05, 4.69) is 27.9 Å². The van der Waals surface area contributed by atoms with Gasteiger partial charge in [0.05, 0.1) is 8.27 Å². The summed E-state index contributed by atoms with van der Waals surface area (Å²) in [4.78, 5) is 25.7. The van der Waals surface area contributed by atoms with Crippen LogP contribution >= 0.6 is 45.5 Å². The van der Waals surface area contributed by atoms with E-state index in [0.717, 1.165) is 13.3 Å². The fraction of sp³-hybridized carbons (Fsp3) is 0.125. The number of hydrogen-bond donors (Lipinski definition) is 1. The maximum absolute atomic E-state index is 12.5. The summed E-state index contributed by atoms with van der Waals surface area (Å²) in [5.41, 5.74) is 0.847. The molecule has 3 rings (SSSR count). The van der Waals surface area contributed by atoms with Gasteiger partial charge in [0.2, 0.25) is 5.43 Å². The molecule has 0 spiro atoms. The molecule has 118 valence electrons. The number of carbonyl (C=O) groups is 1. The molecule has 0 unspecified atom stereocenters. The highest BCUT2D eigenvalue weighted by Crippen LogP contribution is 2.24. The number of halogens is 2. The van der Waals surface area contributed by atoms with E-state index < -0.39 is 0 Å². The van der Waals surface area contributed by atoms with Gasteiger partial charge in [-0.15, -0.1) is 11.3 Å². The van der Waals surface area contributed by atoms with E-state index in [4.69, 9.17) is 11.6 Å².